The van der Waals surface area contributed by atoms with Crippen molar-refractivity contribution < 1.29 is 0 Å². The predicted molar refractivity (Wildman–Crippen MR) is 90.5 cm³/mol. The van der Waals surface area contributed by atoms with Crippen molar-refractivity contribution in [2.24, 2.45) is 11.3 Å². The van der Waals surface area contributed by atoms with E-state index in [0.29, 0.717) is 5.41 Å². The molecule has 2 heterocycles. The van der Waals surface area contributed by atoms with Crippen LogP contribution in [0.5, 0.6) is 0 Å². The second-order valence-corrected chi connectivity index (χ2v) is 8.78. The van der Waals surface area contributed by atoms with Gasteiger partial charge in [-0.05, 0) is 69.7 Å². The molecule has 2 heteroatoms. The lowest BCUT2D eigenvalue weighted by atomic mass is 9.69. The van der Waals surface area contributed by atoms with E-state index in [-0.39, 0.29) is 0 Å². The van der Waals surface area contributed by atoms with Gasteiger partial charge in [0.25, 0.3) is 0 Å². The van der Waals surface area contributed by atoms with E-state index < -0.39 is 0 Å². The van der Waals surface area contributed by atoms with E-state index in [2.05, 4.69) is 38.0 Å². The summed E-state index contributed by atoms with van der Waals surface area (Å²) in [6.45, 7) is 7.30. The van der Waals surface area contributed by atoms with Gasteiger partial charge in [-0.25, -0.2) is 0 Å². The van der Waals surface area contributed by atoms with Crippen LogP contribution in [0.2, 0.25) is 0 Å². The molecule has 21 heavy (non-hydrogen) atoms. The Labute approximate surface area is 132 Å². The van der Waals surface area contributed by atoms with Crippen molar-refractivity contribution in [3.63, 3.8) is 0 Å². The number of fused-ring (bicyclic) bond motifs is 2. The zero-order valence-electron chi connectivity index (χ0n) is 14.7. The Hall–Kier alpha value is -0.0800. The number of nitrogens with zero attached hydrogens (tertiary/aromatic N) is 1. The predicted octanol–water partition coefficient (Wildman–Crippen LogP) is 4.20. The number of nitrogens with one attached hydrogen (secondary N) is 1. The second kappa shape index (κ2) is 6.20. The van der Waals surface area contributed by atoms with Crippen LogP contribution in [0, 0.1) is 11.3 Å². The molecule has 2 aliphatic heterocycles. The van der Waals surface area contributed by atoms with Crippen LogP contribution in [-0.4, -0.2) is 36.1 Å². The second-order valence-electron chi connectivity index (χ2n) is 8.78. The van der Waals surface area contributed by atoms with Crippen molar-refractivity contribution in [1.82, 2.24) is 10.2 Å². The van der Waals surface area contributed by atoms with Gasteiger partial charge in [-0.15, -0.1) is 0 Å². The van der Waals surface area contributed by atoms with Gasteiger partial charge < -0.3 is 10.2 Å². The van der Waals surface area contributed by atoms with Gasteiger partial charge in [0.15, 0.2) is 0 Å². The molecule has 2 nitrogen and oxygen atoms in total. The quantitative estimate of drug-likeness (QED) is 0.835. The molecule has 2 bridgehead atoms. The van der Waals surface area contributed by atoms with Crippen molar-refractivity contribution >= 4 is 0 Å². The van der Waals surface area contributed by atoms with Gasteiger partial charge in [-0.3, -0.25) is 0 Å². The van der Waals surface area contributed by atoms with E-state index >= 15 is 0 Å². The maximum atomic E-state index is 4.04. The summed E-state index contributed by atoms with van der Waals surface area (Å²) in [7, 11) is 2.34. The third kappa shape index (κ3) is 3.32. The molecule has 0 aromatic carbocycles. The highest BCUT2D eigenvalue weighted by atomic mass is 15.2. The molecule has 3 rings (SSSR count). The zero-order valence-corrected chi connectivity index (χ0v) is 14.7. The highest BCUT2D eigenvalue weighted by molar-refractivity contribution is 4.97. The van der Waals surface area contributed by atoms with Gasteiger partial charge in [0, 0.05) is 24.2 Å². The number of hydrogen-bond acceptors (Lipinski definition) is 2. The first-order chi connectivity index (χ1) is 9.99. The van der Waals surface area contributed by atoms with Crippen LogP contribution in [0.1, 0.15) is 78.6 Å². The minimum atomic E-state index is 0.553. The molecule has 122 valence electrons. The molecule has 2 atom stereocenters. The van der Waals surface area contributed by atoms with Gasteiger partial charge in [-0.2, -0.15) is 0 Å². The highest BCUT2D eigenvalue weighted by Crippen LogP contribution is 2.41. The van der Waals surface area contributed by atoms with Crippen molar-refractivity contribution in [2.75, 3.05) is 7.05 Å². The van der Waals surface area contributed by atoms with Gasteiger partial charge in [0.2, 0.25) is 0 Å². The molecular weight excluding hydrogens is 256 g/mol. The van der Waals surface area contributed by atoms with Gasteiger partial charge in [0.05, 0.1) is 0 Å². The third-order valence-electron chi connectivity index (χ3n) is 7.31. The number of piperidine rings is 1. The molecule has 2 unspecified atom stereocenters. The topological polar surface area (TPSA) is 15.3 Å². The fraction of sp³-hybridized carbons (Fsp3) is 1.00. The molecule has 0 aromatic heterocycles. The third-order valence-corrected chi connectivity index (χ3v) is 7.31. The number of rotatable bonds is 4. The van der Waals surface area contributed by atoms with Gasteiger partial charge in [-0.1, -0.05) is 27.2 Å². The van der Waals surface area contributed by atoms with E-state index in [0.717, 1.165) is 30.1 Å². The molecular formula is C19H36N2. The summed E-state index contributed by atoms with van der Waals surface area (Å²) >= 11 is 0. The highest BCUT2D eigenvalue weighted by Gasteiger charge is 2.39. The molecule has 1 saturated carbocycles. The van der Waals surface area contributed by atoms with Crippen LogP contribution < -0.4 is 5.32 Å². The summed E-state index contributed by atoms with van der Waals surface area (Å²) in [5.41, 5.74) is 0.553. The van der Waals surface area contributed by atoms with E-state index in [4.69, 9.17) is 0 Å². The van der Waals surface area contributed by atoms with E-state index in [1.807, 2.05) is 0 Å². The Kier molecular flexibility index (Phi) is 4.66. The van der Waals surface area contributed by atoms with Crippen LogP contribution in [0.25, 0.3) is 0 Å². The summed E-state index contributed by atoms with van der Waals surface area (Å²) in [6, 6.07) is 3.36. The maximum absolute atomic E-state index is 4.04. The summed E-state index contributed by atoms with van der Waals surface area (Å²) in [6.07, 6.45) is 12.7. The molecule has 3 aliphatic rings. The van der Waals surface area contributed by atoms with Crippen molar-refractivity contribution in [3.05, 3.63) is 0 Å². The molecule has 0 aromatic rings. The first-order valence-electron chi connectivity index (χ1n) is 9.47. The standard InChI is InChI=1S/C19H36N2/c1-5-19(2,3)14-6-8-15(9-7-14)20-16-12-17-10-11-18(13-16)21(17)4/h14-18,20H,5-13H2,1-4H3. The van der Waals surface area contributed by atoms with Crippen molar-refractivity contribution in [1.29, 1.82) is 0 Å². The summed E-state index contributed by atoms with van der Waals surface area (Å²) in [5.74, 6) is 0.953. The first-order valence-corrected chi connectivity index (χ1v) is 9.47. The molecule has 1 N–H and O–H groups in total. The van der Waals surface area contributed by atoms with Gasteiger partial charge in [0.1, 0.15) is 0 Å². The zero-order chi connectivity index (χ0) is 15.0. The lowest BCUT2D eigenvalue weighted by Crippen LogP contribution is -2.50. The minimum Gasteiger partial charge on any atom is -0.311 e. The molecule has 0 radical (unpaired) electrons. The average Bonchev–Trinajstić information content (AvgIpc) is 2.70. The Morgan fingerprint density at radius 2 is 1.48 bits per heavy atom. The van der Waals surface area contributed by atoms with Crippen molar-refractivity contribution in [3.8, 4) is 0 Å². The van der Waals surface area contributed by atoms with E-state index in [1.165, 1.54) is 57.8 Å². The van der Waals surface area contributed by atoms with Crippen LogP contribution in [0.3, 0.4) is 0 Å². The Balaban J connectivity index is 1.46. The van der Waals surface area contributed by atoms with Crippen LogP contribution in [-0.2, 0) is 0 Å². The van der Waals surface area contributed by atoms with Crippen LogP contribution in [0.4, 0.5) is 0 Å². The normalized spacial score (nSPS) is 41.4. The van der Waals surface area contributed by atoms with Crippen LogP contribution >= 0.6 is 0 Å². The molecule has 0 amide bonds. The maximum Gasteiger partial charge on any atom is 0.0111 e. The van der Waals surface area contributed by atoms with Gasteiger partial charge >= 0.3 is 0 Å². The van der Waals surface area contributed by atoms with E-state index in [1.54, 1.807) is 0 Å². The molecule has 2 saturated heterocycles. The Bertz CT molecular complexity index is 329. The fourth-order valence-electron chi connectivity index (χ4n) is 5.21. The smallest absolute Gasteiger partial charge is 0.0111 e. The minimum absolute atomic E-state index is 0.553. The fourth-order valence-corrected chi connectivity index (χ4v) is 5.21. The monoisotopic (exact) mass is 292 g/mol. The summed E-state index contributed by atoms with van der Waals surface area (Å²) in [4.78, 5) is 2.65. The van der Waals surface area contributed by atoms with Crippen molar-refractivity contribution in [2.45, 2.75) is 103 Å². The summed E-state index contributed by atoms with van der Waals surface area (Å²) in [5, 5.41) is 4.04. The summed E-state index contributed by atoms with van der Waals surface area (Å²) < 4.78 is 0. The van der Waals surface area contributed by atoms with Crippen LogP contribution in [0.15, 0.2) is 0 Å². The first kappa shape index (κ1) is 15.8. The lowest BCUT2D eigenvalue weighted by molar-refractivity contribution is 0.113. The molecule has 0 spiro atoms. The number of hydrogen-bond donors (Lipinski definition) is 1. The largest absolute Gasteiger partial charge is 0.311 e. The molecule has 1 aliphatic carbocycles. The Morgan fingerprint density at radius 3 is 2.00 bits per heavy atom. The molecule has 3 fully saturated rings. The average molecular weight is 293 g/mol. The van der Waals surface area contributed by atoms with E-state index in [9.17, 15) is 0 Å². The lowest BCUT2D eigenvalue weighted by Gasteiger charge is -2.42. The Morgan fingerprint density at radius 1 is 0.905 bits per heavy atom. The SMILES string of the molecule is CCC(C)(C)C1CCC(NC2CC3CCC(C2)N3C)CC1.